The molecule has 0 saturated carbocycles. The molecule has 1 amide bonds. The Morgan fingerprint density at radius 1 is 1.12 bits per heavy atom. The SMILES string of the molecule is CCCCN(CCCC)C(=O)CN1C[C@@H](C(F)(F)F)[C@H](C(=O)O)C1. The Labute approximate surface area is 140 Å². The molecule has 1 aliphatic heterocycles. The van der Waals surface area contributed by atoms with E-state index in [1.165, 1.54) is 4.90 Å². The van der Waals surface area contributed by atoms with E-state index in [9.17, 15) is 22.8 Å². The van der Waals surface area contributed by atoms with Gasteiger partial charge < -0.3 is 10.0 Å². The highest BCUT2D eigenvalue weighted by Gasteiger charge is 2.52. The van der Waals surface area contributed by atoms with E-state index in [0.717, 1.165) is 25.7 Å². The molecule has 0 aromatic heterocycles. The minimum atomic E-state index is -4.56. The number of hydrogen-bond donors (Lipinski definition) is 1. The molecule has 1 saturated heterocycles. The lowest BCUT2D eigenvalue weighted by atomic mass is 9.96. The maximum absolute atomic E-state index is 13.0. The molecule has 0 aromatic carbocycles. The number of hydrogen-bond acceptors (Lipinski definition) is 3. The van der Waals surface area contributed by atoms with Crippen molar-refractivity contribution in [1.82, 2.24) is 9.80 Å². The molecule has 0 bridgehead atoms. The predicted molar refractivity (Wildman–Crippen MR) is 83.5 cm³/mol. The third-order valence-corrected chi connectivity index (χ3v) is 4.41. The minimum absolute atomic E-state index is 0.149. The summed E-state index contributed by atoms with van der Waals surface area (Å²) in [6.45, 7) is 4.39. The Morgan fingerprint density at radius 2 is 1.67 bits per heavy atom. The number of halogens is 3. The second kappa shape index (κ2) is 9.25. The third kappa shape index (κ3) is 5.96. The van der Waals surface area contributed by atoms with Crippen molar-refractivity contribution in [3.63, 3.8) is 0 Å². The fourth-order valence-corrected chi connectivity index (χ4v) is 2.95. The molecule has 1 heterocycles. The fourth-order valence-electron chi connectivity index (χ4n) is 2.95. The zero-order chi connectivity index (χ0) is 18.3. The largest absolute Gasteiger partial charge is 0.481 e. The first kappa shape index (κ1) is 20.7. The zero-order valence-corrected chi connectivity index (χ0v) is 14.3. The number of unbranched alkanes of at least 4 members (excludes halogenated alkanes) is 2. The summed E-state index contributed by atoms with van der Waals surface area (Å²) in [5.41, 5.74) is 0. The first-order chi connectivity index (χ1) is 11.2. The van der Waals surface area contributed by atoms with E-state index in [1.807, 2.05) is 13.8 Å². The lowest BCUT2D eigenvalue weighted by Gasteiger charge is -2.25. The Morgan fingerprint density at radius 3 is 2.04 bits per heavy atom. The van der Waals surface area contributed by atoms with Crippen LogP contribution in [0.15, 0.2) is 0 Å². The van der Waals surface area contributed by atoms with Crippen LogP contribution in [0.4, 0.5) is 13.2 Å². The quantitative estimate of drug-likeness (QED) is 0.693. The molecule has 0 unspecified atom stereocenters. The highest BCUT2D eigenvalue weighted by atomic mass is 19.4. The van der Waals surface area contributed by atoms with Gasteiger partial charge in [-0.3, -0.25) is 14.5 Å². The fraction of sp³-hybridized carbons (Fsp3) is 0.875. The first-order valence-corrected chi connectivity index (χ1v) is 8.50. The number of carboxylic acids is 1. The second-order valence-corrected chi connectivity index (χ2v) is 6.37. The van der Waals surface area contributed by atoms with Gasteiger partial charge in [0.15, 0.2) is 0 Å². The molecular formula is C16H27F3N2O3. The molecule has 24 heavy (non-hydrogen) atoms. The number of amides is 1. The van der Waals surface area contributed by atoms with E-state index in [-0.39, 0.29) is 19.0 Å². The van der Waals surface area contributed by atoms with E-state index in [1.54, 1.807) is 4.90 Å². The maximum Gasteiger partial charge on any atom is 0.393 e. The number of aliphatic carboxylic acids is 1. The summed E-state index contributed by atoms with van der Waals surface area (Å²) < 4.78 is 39.0. The monoisotopic (exact) mass is 352 g/mol. The van der Waals surface area contributed by atoms with Crippen LogP contribution in [-0.2, 0) is 9.59 Å². The molecule has 1 N–H and O–H groups in total. The van der Waals surface area contributed by atoms with Crippen molar-refractivity contribution in [3.8, 4) is 0 Å². The topological polar surface area (TPSA) is 60.9 Å². The van der Waals surface area contributed by atoms with Crippen LogP contribution in [-0.4, -0.2) is 65.7 Å². The summed E-state index contributed by atoms with van der Waals surface area (Å²) in [6, 6.07) is 0. The highest BCUT2D eigenvalue weighted by molar-refractivity contribution is 5.78. The van der Waals surface area contributed by atoms with Crippen LogP contribution in [0.5, 0.6) is 0 Å². The van der Waals surface area contributed by atoms with Gasteiger partial charge in [0.05, 0.1) is 18.4 Å². The van der Waals surface area contributed by atoms with E-state index in [2.05, 4.69) is 0 Å². The smallest absolute Gasteiger partial charge is 0.393 e. The average molecular weight is 352 g/mol. The van der Waals surface area contributed by atoms with Gasteiger partial charge in [0.2, 0.25) is 5.91 Å². The summed E-state index contributed by atoms with van der Waals surface area (Å²) in [5.74, 6) is -5.09. The van der Waals surface area contributed by atoms with Gasteiger partial charge in [0, 0.05) is 26.2 Å². The van der Waals surface area contributed by atoms with Gasteiger partial charge in [-0.1, -0.05) is 26.7 Å². The lowest BCUT2D eigenvalue weighted by molar-refractivity contribution is -0.188. The summed E-state index contributed by atoms with van der Waals surface area (Å²) in [4.78, 5) is 26.5. The molecule has 5 nitrogen and oxygen atoms in total. The van der Waals surface area contributed by atoms with Crippen molar-refractivity contribution in [2.75, 3.05) is 32.7 Å². The predicted octanol–water partition coefficient (Wildman–Crippen LogP) is 2.61. The van der Waals surface area contributed by atoms with Gasteiger partial charge in [-0.2, -0.15) is 13.2 Å². The Kier molecular flexibility index (Phi) is 7.99. The van der Waals surface area contributed by atoms with Crippen LogP contribution in [0.1, 0.15) is 39.5 Å². The molecule has 0 aliphatic carbocycles. The molecular weight excluding hydrogens is 325 g/mol. The van der Waals surface area contributed by atoms with Crippen LogP contribution >= 0.6 is 0 Å². The van der Waals surface area contributed by atoms with Crippen LogP contribution in [0.25, 0.3) is 0 Å². The van der Waals surface area contributed by atoms with Gasteiger partial charge in [0.25, 0.3) is 0 Å². The van der Waals surface area contributed by atoms with Crippen LogP contribution in [0.3, 0.4) is 0 Å². The van der Waals surface area contributed by atoms with Crippen LogP contribution in [0, 0.1) is 11.8 Å². The average Bonchev–Trinajstić information content (AvgIpc) is 2.91. The lowest BCUT2D eigenvalue weighted by Crippen LogP contribution is -2.41. The van der Waals surface area contributed by atoms with Gasteiger partial charge in [0.1, 0.15) is 0 Å². The molecule has 0 radical (unpaired) electrons. The molecule has 1 fully saturated rings. The number of likely N-dealkylation sites (tertiary alicyclic amines) is 1. The van der Waals surface area contributed by atoms with Crippen LogP contribution in [0.2, 0.25) is 0 Å². The number of nitrogens with zero attached hydrogens (tertiary/aromatic N) is 2. The van der Waals surface area contributed by atoms with E-state index < -0.39 is 30.5 Å². The molecule has 0 spiro atoms. The molecule has 140 valence electrons. The summed E-state index contributed by atoms with van der Waals surface area (Å²) in [6.07, 6.45) is -1.02. The van der Waals surface area contributed by atoms with Gasteiger partial charge in [-0.15, -0.1) is 0 Å². The van der Waals surface area contributed by atoms with Crippen molar-refractivity contribution in [2.24, 2.45) is 11.8 Å². The number of rotatable bonds is 9. The summed E-state index contributed by atoms with van der Waals surface area (Å²) in [7, 11) is 0. The normalized spacial score (nSPS) is 21.9. The van der Waals surface area contributed by atoms with Crippen molar-refractivity contribution >= 4 is 11.9 Å². The second-order valence-electron chi connectivity index (χ2n) is 6.37. The first-order valence-electron chi connectivity index (χ1n) is 8.50. The van der Waals surface area contributed by atoms with Gasteiger partial charge in [-0.25, -0.2) is 0 Å². The number of carbonyl (C=O) groups excluding carboxylic acids is 1. The Bertz CT molecular complexity index is 421. The molecule has 1 aliphatic rings. The maximum atomic E-state index is 13.0. The van der Waals surface area contributed by atoms with Crippen molar-refractivity contribution in [1.29, 1.82) is 0 Å². The highest BCUT2D eigenvalue weighted by Crippen LogP contribution is 2.37. The standard InChI is InChI=1S/C16H27F3N2O3/c1-3-5-7-21(8-6-4-2)14(22)11-20-9-12(15(23)24)13(10-20)16(17,18)19/h12-13H,3-11H2,1-2H3,(H,23,24)/t12-,13-/m1/s1. The Hall–Kier alpha value is -1.31. The van der Waals surface area contributed by atoms with E-state index in [0.29, 0.717) is 13.1 Å². The van der Waals surface area contributed by atoms with Crippen molar-refractivity contribution < 1.29 is 27.9 Å². The van der Waals surface area contributed by atoms with E-state index in [4.69, 9.17) is 5.11 Å². The number of carbonyl (C=O) groups is 2. The molecule has 8 heteroatoms. The molecule has 1 rings (SSSR count). The number of carboxylic acid groups (broad SMARTS) is 1. The van der Waals surface area contributed by atoms with Crippen molar-refractivity contribution in [2.45, 2.75) is 45.7 Å². The number of alkyl halides is 3. The van der Waals surface area contributed by atoms with E-state index >= 15 is 0 Å². The summed E-state index contributed by atoms with van der Waals surface area (Å²) >= 11 is 0. The zero-order valence-electron chi connectivity index (χ0n) is 14.3. The minimum Gasteiger partial charge on any atom is -0.481 e. The van der Waals surface area contributed by atoms with Gasteiger partial charge >= 0.3 is 12.1 Å². The van der Waals surface area contributed by atoms with Gasteiger partial charge in [-0.05, 0) is 12.8 Å². The Balaban J connectivity index is 2.69. The third-order valence-electron chi connectivity index (χ3n) is 4.41. The molecule has 0 aromatic rings. The summed E-state index contributed by atoms with van der Waals surface area (Å²) in [5, 5.41) is 9.02. The molecule has 2 atom stereocenters. The van der Waals surface area contributed by atoms with Crippen LogP contribution < -0.4 is 0 Å². The van der Waals surface area contributed by atoms with Crippen molar-refractivity contribution in [3.05, 3.63) is 0 Å².